The van der Waals surface area contributed by atoms with Gasteiger partial charge in [0, 0.05) is 25.7 Å². The van der Waals surface area contributed by atoms with Crippen molar-refractivity contribution in [3.05, 3.63) is 70.4 Å². The number of amides is 1. The Balaban J connectivity index is 1.50. The second kappa shape index (κ2) is 8.07. The van der Waals surface area contributed by atoms with Crippen LogP contribution < -0.4 is 9.47 Å². The van der Waals surface area contributed by atoms with Gasteiger partial charge in [0.05, 0.1) is 17.6 Å². The van der Waals surface area contributed by atoms with E-state index in [0.717, 1.165) is 22.0 Å². The van der Waals surface area contributed by atoms with E-state index in [0.29, 0.717) is 36.9 Å². The molecule has 0 spiro atoms. The number of carbonyl (C=O) groups is 1. The van der Waals surface area contributed by atoms with E-state index in [1.165, 1.54) is 11.3 Å². The minimum atomic E-state index is 0.0551. The first-order valence-electron chi connectivity index (χ1n) is 10.3. The Bertz CT molecular complexity index is 1140. The third kappa shape index (κ3) is 3.55. The molecule has 0 radical (unpaired) electrons. The molecule has 1 atom stereocenters. The van der Waals surface area contributed by atoms with Crippen molar-refractivity contribution in [1.29, 1.82) is 0 Å². The van der Waals surface area contributed by atoms with Gasteiger partial charge in [0.1, 0.15) is 11.5 Å². The normalized spacial score (nSPS) is 17.7. The Labute approximate surface area is 185 Å². The van der Waals surface area contributed by atoms with Gasteiger partial charge < -0.3 is 19.3 Å². The van der Waals surface area contributed by atoms with E-state index in [-0.39, 0.29) is 11.9 Å². The molecule has 0 saturated carbocycles. The van der Waals surface area contributed by atoms with Gasteiger partial charge >= 0.3 is 0 Å². The highest BCUT2D eigenvalue weighted by Crippen LogP contribution is 2.42. The minimum absolute atomic E-state index is 0.0551. The van der Waals surface area contributed by atoms with Crippen LogP contribution in [-0.2, 0) is 0 Å². The van der Waals surface area contributed by atoms with Crippen molar-refractivity contribution in [2.75, 3.05) is 26.7 Å². The Hall–Kier alpha value is -3.32. The zero-order valence-electron chi connectivity index (χ0n) is 17.4. The highest BCUT2D eigenvalue weighted by Gasteiger charge is 2.32. The lowest BCUT2D eigenvalue weighted by atomic mass is 10.1. The lowest BCUT2D eigenvalue weighted by molar-refractivity contribution is 0.0586. The summed E-state index contributed by atoms with van der Waals surface area (Å²) in [5.74, 6) is 2.97. The fourth-order valence-electron chi connectivity index (χ4n) is 4.11. The number of hydrogen-bond donors (Lipinski definition) is 0. The number of thiophene rings is 1. The van der Waals surface area contributed by atoms with Gasteiger partial charge in [-0.3, -0.25) is 4.79 Å². The molecule has 1 fully saturated rings. The fourth-order valence-corrected chi connectivity index (χ4v) is 4.79. The Morgan fingerprint density at radius 3 is 2.77 bits per heavy atom. The molecule has 2 aliphatic heterocycles. The molecule has 2 aromatic carbocycles. The molecule has 1 saturated heterocycles. The summed E-state index contributed by atoms with van der Waals surface area (Å²) in [6, 6.07) is 17.5. The minimum Gasteiger partial charge on any atom is -0.493 e. The van der Waals surface area contributed by atoms with E-state index in [1.54, 1.807) is 7.11 Å². The zero-order valence-corrected chi connectivity index (χ0v) is 18.3. The number of methoxy groups -OCH3 is 1. The van der Waals surface area contributed by atoms with E-state index in [4.69, 9.17) is 14.5 Å². The second-order valence-electron chi connectivity index (χ2n) is 7.61. The van der Waals surface area contributed by atoms with Gasteiger partial charge in [-0.05, 0) is 42.6 Å². The van der Waals surface area contributed by atoms with Crippen LogP contribution in [0, 0.1) is 0 Å². The van der Waals surface area contributed by atoms with Crippen molar-refractivity contribution in [2.45, 2.75) is 13.0 Å². The number of aliphatic imine (C=N–C) groups is 1. The van der Waals surface area contributed by atoms with Crippen molar-refractivity contribution in [2.24, 2.45) is 4.99 Å². The lowest BCUT2D eigenvalue weighted by Crippen LogP contribution is -2.55. The molecule has 1 aromatic heterocycles. The summed E-state index contributed by atoms with van der Waals surface area (Å²) >= 11 is 1.49. The SMILES string of the molecule is COc1cccc2c1Oc1ccccc1N=C2N1CCN(C(=O)c2cccs2)C(C)C1. The Kier molecular flexibility index (Phi) is 5.11. The quantitative estimate of drug-likeness (QED) is 0.583. The van der Waals surface area contributed by atoms with E-state index in [2.05, 4.69) is 11.8 Å². The molecule has 0 aliphatic carbocycles. The van der Waals surface area contributed by atoms with Gasteiger partial charge in [0.2, 0.25) is 0 Å². The molecule has 0 N–H and O–H groups in total. The van der Waals surface area contributed by atoms with Gasteiger partial charge in [-0.2, -0.15) is 0 Å². The Morgan fingerprint density at radius 2 is 2.00 bits per heavy atom. The predicted octanol–water partition coefficient (Wildman–Crippen LogP) is 4.79. The first-order valence-corrected chi connectivity index (χ1v) is 11.2. The summed E-state index contributed by atoms with van der Waals surface area (Å²) in [4.78, 5) is 22.9. The van der Waals surface area contributed by atoms with Crippen LogP contribution in [0.3, 0.4) is 0 Å². The smallest absolute Gasteiger partial charge is 0.264 e. The van der Waals surface area contributed by atoms with Crippen LogP contribution in [0.25, 0.3) is 0 Å². The molecule has 5 rings (SSSR count). The number of fused-ring (bicyclic) bond motifs is 2. The van der Waals surface area contributed by atoms with Crippen LogP contribution in [0.4, 0.5) is 5.69 Å². The van der Waals surface area contributed by atoms with Gasteiger partial charge in [0.25, 0.3) is 5.91 Å². The number of nitrogens with zero attached hydrogens (tertiary/aromatic N) is 3. The summed E-state index contributed by atoms with van der Waals surface area (Å²) in [6.45, 7) is 4.11. The van der Waals surface area contributed by atoms with E-state index < -0.39 is 0 Å². The summed E-state index contributed by atoms with van der Waals surface area (Å²) in [7, 11) is 1.64. The first-order chi connectivity index (χ1) is 15.2. The highest BCUT2D eigenvalue weighted by molar-refractivity contribution is 7.12. The molecule has 6 nitrogen and oxygen atoms in total. The third-order valence-electron chi connectivity index (χ3n) is 5.66. The van der Waals surface area contributed by atoms with E-state index >= 15 is 0 Å². The molecule has 3 aromatic rings. The number of carbonyl (C=O) groups excluding carboxylic acids is 1. The maximum Gasteiger partial charge on any atom is 0.264 e. The third-order valence-corrected chi connectivity index (χ3v) is 6.52. The van der Waals surface area contributed by atoms with Crippen LogP contribution in [0.5, 0.6) is 17.2 Å². The molecular weight excluding hydrogens is 410 g/mol. The predicted molar refractivity (Wildman–Crippen MR) is 122 cm³/mol. The number of rotatable bonds is 2. The fraction of sp³-hybridized carbons (Fsp3) is 0.250. The maximum atomic E-state index is 12.9. The van der Waals surface area contributed by atoms with Crippen molar-refractivity contribution >= 4 is 28.8 Å². The van der Waals surface area contributed by atoms with Gasteiger partial charge in [-0.1, -0.05) is 24.3 Å². The summed E-state index contributed by atoms with van der Waals surface area (Å²) in [5, 5.41) is 1.94. The molecule has 3 heterocycles. The molecule has 1 unspecified atom stereocenters. The summed E-state index contributed by atoms with van der Waals surface area (Å²) in [5.41, 5.74) is 1.67. The Morgan fingerprint density at radius 1 is 1.13 bits per heavy atom. The van der Waals surface area contributed by atoms with Crippen LogP contribution in [0.1, 0.15) is 22.2 Å². The largest absolute Gasteiger partial charge is 0.493 e. The first kappa shape index (κ1) is 19.6. The number of ether oxygens (including phenoxy) is 2. The van der Waals surface area contributed by atoms with Crippen molar-refractivity contribution in [1.82, 2.24) is 9.80 Å². The van der Waals surface area contributed by atoms with Gasteiger partial charge in [-0.15, -0.1) is 11.3 Å². The van der Waals surface area contributed by atoms with Crippen molar-refractivity contribution < 1.29 is 14.3 Å². The summed E-state index contributed by atoms with van der Waals surface area (Å²) in [6.07, 6.45) is 0. The van der Waals surface area contributed by atoms with Gasteiger partial charge in [0.15, 0.2) is 17.2 Å². The molecule has 7 heteroatoms. The van der Waals surface area contributed by atoms with Crippen LogP contribution in [-0.4, -0.2) is 54.3 Å². The topological polar surface area (TPSA) is 54.4 Å². The molecule has 2 aliphatic rings. The van der Waals surface area contributed by atoms with Crippen molar-refractivity contribution in [3.63, 3.8) is 0 Å². The monoisotopic (exact) mass is 433 g/mol. The summed E-state index contributed by atoms with van der Waals surface area (Å²) < 4.78 is 11.8. The van der Waals surface area contributed by atoms with E-state index in [9.17, 15) is 4.79 Å². The number of para-hydroxylation sites is 3. The molecule has 158 valence electrons. The number of hydrogen-bond acceptors (Lipinski definition) is 6. The zero-order chi connectivity index (χ0) is 21.4. The number of benzene rings is 2. The lowest BCUT2D eigenvalue weighted by Gasteiger charge is -2.41. The highest BCUT2D eigenvalue weighted by atomic mass is 32.1. The standard InChI is InChI=1S/C24H23N3O3S/c1-16-15-26(12-13-27(16)24(28)21-11-6-14-31-21)23-17-7-5-10-20(29-2)22(17)30-19-9-4-3-8-18(19)25-23/h3-11,14,16H,12-13,15H2,1-2H3. The number of piperazine rings is 1. The maximum absolute atomic E-state index is 12.9. The average molecular weight is 434 g/mol. The van der Waals surface area contributed by atoms with Crippen LogP contribution >= 0.6 is 11.3 Å². The van der Waals surface area contributed by atoms with Crippen LogP contribution in [0.2, 0.25) is 0 Å². The molecule has 0 bridgehead atoms. The molecule has 31 heavy (non-hydrogen) atoms. The van der Waals surface area contributed by atoms with E-state index in [1.807, 2.05) is 64.9 Å². The average Bonchev–Trinajstić information content (AvgIpc) is 3.27. The van der Waals surface area contributed by atoms with Crippen molar-refractivity contribution in [3.8, 4) is 17.2 Å². The second-order valence-corrected chi connectivity index (χ2v) is 8.56. The molecular formula is C24H23N3O3S. The number of amidine groups is 1. The molecule has 1 amide bonds. The van der Waals surface area contributed by atoms with Gasteiger partial charge in [-0.25, -0.2) is 4.99 Å². The van der Waals surface area contributed by atoms with Crippen LogP contribution in [0.15, 0.2) is 65.0 Å².